The maximum absolute atomic E-state index is 9.82. The molecule has 0 atom stereocenters. The Labute approximate surface area is 101 Å². The molecule has 3 heteroatoms. The van der Waals surface area contributed by atoms with E-state index >= 15 is 0 Å². The van der Waals surface area contributed by atoms with Gasteiger partial charge in [-0.3, -0.25) is 0 Å². The van der Waals surface area contributed by atoms with Gasteiger partial charge in [-0.15, -0.1) is 0 Å². The van der Waals surface area contributed by atoms with E-state index in [1.807, 2.05) is 36.4 Å². The first-order valence-electron chi connectivity index (χ1n) is 4.42. The number of aromatic hydroxyl groups is 1. The monoisotopic (exact) mass is 282 g/mol. The molecule has 1 N–H and O–H groups in total. The van der Waals surface area contributed by atoms with Crippen molar-refractivity contribution in [3.05, 3.63) is 52.0 Å². The first kappa shape index (κ1) is 10.5. The lowest BCUT2D eigenvalue weighted by atomic mass is 10.1. The second-order valence-electron chi connectivity index (χ2n) is 3.15. The lowest BCUT2D eigenvalue weighted by Crippen LogP contribution is -1.80. The van der Waals surface area contributed by atoms with Crippen molar-refractivity contribution in [2.24, 2.45) is 0 Å². The van der Waals surface area contributed by atoms with Gasteiger partial charge in [0.25, 0.3) is 0 Å². The molecule has 0 aromatic heterocycles. The van der Waals surface area contributed by atoms with Crippen molar-refractivity contribution >= 4 is 27.5 Å². The number of benzene rings is 2. The zero-order chi connectivity index (χ0) is 10.8. The zero-order valence-corrected chi connectivity index (χ0v) is 10.1. The summed E-state index contributed by atoms with van der Waals surface area (Å²) in [6, 6.07) is 13.1. The lowest BCUT2D eigenvalue weighted by Gasteiger charge is -2.07. The molecule has 2 aromatic rings. The molecule has 15 heavy (non-hydrogen) atoms. The van der Waals surface area contributed by atoms with Gasteiger partial charge >= 0.3 is 0 Å². The van der Waals surface area contributed by atoms with Crippen LogP contribution in [0.1, 0.15) is 0 Å². The SMILES string of the molecule is Oc1c(Cl)cc(Br)cc1-c1ccccc1. The molecule has 0 bridgehead atoms. The number of phenols is 1. The molecule has 0 spiro atoms. The van der Waals surface area contributed by atoms with Crippen molar-refractivity contribution in [1.29, 1.82) is 0 Å². The minimum atomic E-state index is 0.117. The van der Waals surface area contributed by atoms with Crippen molar-refractivity contribution in [2.45, 2.75) is 0 Å². The molecule has 2 rings (SSSR count). The Morgan fingerprint density at radius 2 is 1.73 bits per heavy atom. The van der Waals surface area contributed by atoms with Crippen LogP contribution < -0.4 is 0 Å². The fourth-order valence-corrected chi connectivity index (χ4v) is 2.21. The number of hydrogen-bond acceptors (Lipinski definition) is 1. The lowest BCUT2D eigenvalue weighted by molar-refractivity contribution is 0.477. The Balaban J connectivity index is 2.63. The summed E-state index contributed by atoms with van der Waals surface area (Å²) in [5.41, 5.74) is 1.67. The van der Waals surface area contributed by atoms with Crippen LogP contribution in [0.15, 0.2) is 46.9 Å². The molecule has 2 aromatic carbocycles. The molecule has 0 fully saturated rings. The maximum atomic E-state index is 9.82. The third kappa shape index (κ3) is 2.16. The molecule has 0 unspecified atom stereocenters. The summed E-state index contributed by atoms with van der Waals surface area (Å²) in [7, 11) is 0. The van der Waals surface area contributed by atoms with Crippen LogP contribution in [0.4, 0.5) is 0 Å². The maximum Gasteiger partial charge on any atom is 0.142 e. The van der Waals surface area contributed by atoms with Crippen molar-refractivity contribution in [1.82, 2.24) is 0 Å². The van der Waals surface area contributed by atoms with Crippen LogP contribution in [-0.2, 0) is 0 Å². The Morgan fingerprint density at radius 3 is 2.40 bits per heavy atom. The van der Waals surface area contributed by atoms with Crippen LogP contribution in [0.5, 0.6) is 5.75 Å². The van der Waals surface area contributed by atoms with Crippen LogP contribution in [0.2, 0.25) is 5.02 Å². The predicted molar refractivity (Wildman–Crippen MR) is 66.3 cm³/mol. The van der Waals surface area contributed by atoms with E-state index in [1.54, 1.807) is 6.07 Å². The van der Waals surface area contributed by atoms with E-state index < -0.39 is 0 Å². The predicted octanol–water partition coefficient (Wildman–Crippen LogP) is 4.48. The van der Waals surface area contributed by atoms with E-state index in [4.69, 9.17) is 11.6 Å². The van der Waals surface area contributed by atoms with Gasteiger partial charge in [0.05, 0.1) is 5.02 Å². The third-order valence-electron chi connectivity index (χ3n) is 2.11. The number of hydrogen-bond donors (Lipinski definition) is 1. The van der Waals surface area contributed by atoms with E-state index in [1.165, 1.54) is 0 Å². The average molecular weight is 284 g/mol. The molecular weight excluding hydrogens is 275 g/mol. The van der Waals surface area contributed by atoms with Crippen molar-refractivity contribution in [3.63, 3.8) is 0 Å². The largest absolute Gasteiger partial charge is 0.506 e. The van der Waals surface area contributed by atoms with Gasteiger partial charge in [-0.05, 0) is 17.7 Å². The van der Waals surface area contributed by atoms with Crippen LogP contribution in [0.25, 0.3) is 11.1 Å². The van der Waals surface area contributed by atoms with Gasteiger partial charge in [0.15, 0.2) is 0 Å². The van der Waals surface area contributed by atoms with E-state index in [0.29, 0.717) is 5.02 Å². The van der Waals surface area contributed by atoms with E-state index in [2.05, 4.69) is 15.9 Å². The summed E-state index contributed by atoms with van der Waals surface area (Å²) in [6.07, 6.45) is 0. The van der Waals surface area contributed by atoms with Gasteiger partial charge in [-0.25, -0.2) is 0 Å². The molecule has 0 aliphatic rings. The quantitative estimate of drug-likeness (QED) is 0.818. The molecular formula is C12H8BrClO. The number of rotatable bonds is 1. The van der Waals surface area contributed by atoms with E-state index in [9.17, 15) is 5.11 Å². The molecule has 0 aliphatic heterocycles. The van der Waals surface area contributed by atoms with Crippen LogP contribution in [0, 0.1) is 0 Å². The molecule has 76 valence electrons. The molecule has 0 heterocycles. The number of halogens is 2. The van der Waals surface area contributed by atoms with Gasteiger partial charge < -0.3 is 5.11 Å². The minimum Gasteiger partial charge on any atom is -0.506 e. The standard InChI is InChI=1S/C12H8BrClO/c13-9-6-10(12(15)11(14)7-9)8-4-2-1-3-5-8/h1-7,15H. The van der Waals surface area contributed by atoms with Gasteiger partial charge in [0.2, 0.25) is 0 Å². The van der Waals surface area contributed by atoms with Crippen LogP contribution in [-0.4, -0.2) is 5.11 Å². The van der Waals surface area contributed by atoms with E-state index in [-0.39, 0.29) is 5.75 Å². The highest BCUT2D eigenvalue weighted by molar-refractivity contribution is 9.10. The fourth-order valence-electron chi connectivity index (χ4n) is 1.40. The smallest absolute Gasteiger partial charge is 0.142 e. The Hall–Kier alpha value is -0.990. The topological polar surface area (TPSA) is 20.2 Å². The highest BCUT2D eigenvalue weighted by Crippen LogP contribution is 2.37. The second kappa shape index (κ2) is 4.25. The van der Waals surface area contributed by atoms with Gasteiger partial charge in [0, 0.05) is 10.0 Å². The summed E-state index contributed by atoms with van der Waals surface area (Å²) in [6.45, 7) is 0. The summed E-state index contributed by atoms with van der Waals surface area (Å²) in [5, 5.41) is 10.2. The molecule has 1 nitrogen and oxygen atoms in total. The summed E-state index contributed by atoms with van der Waals surface area (Å²) < 4.78 is 0.851. The minimum absolute atomic E-state index is 0.117. The highest BCUT2D eigenvalue weighted by Gasteiger charge is 2.08. The highest BCUT2D eigenvalue weighted by atomic mass is 79.9. The third-order valence-corrected chi connectivity index (χ3v) is 2.86. The molecule has 0 saturated heterocycles. The first-order valence-corrected chi connectivity index (χ1v) is 5.59. The van der Waals surface area contributed by atoms with Crippen molar-refractivity contribution in [2.75, 3.05) is 0 Å². The normalized spacial score (nSPS) is 10.3. The molecule has 0 radical (unpaired) electrons. The summed E-state index contributed by atoms with van der Waals surface area (Å²) in [4.78, 5) is 0. The average Bonchev–Trinajstić information content (AvgIpc) is 2.24. The molecule has 0 amide bonds. The van der Waals surface area contributed by atoms with Gasteiger partial charge in [-0.2, -0.15) is 0 Å². The first-order chi connectivity index (χ1) is 7.18. The molecule has 0 saturated carbocycles. The Morgan fingerprint density at radius 1 is 1.07 bits per heavy atom. The second-order valence-corrected chi connectivity index (χ2v) is 4.47. The van der Waals surface area contributed by atoms with Crippen LogP contribution >= 0.6 is 27.5 Å². The van der Waals surface area contributed by atoms with Crippen molar-refractivity contribution in [3.8, 4) is 16.9 Å². The van der Waals surface area contributed by atoms with Crippen LogP contribution in [0.3, 0.4) is 0 Å². The van der Waals surface area contributed by atoms with Crippen molar-refractivity contribution < 1.29 is 5.11 Å². The summed E-state index contributed by atoms with van der Waals surface area (Å²) in [5.74, 6) is 0.117. The van der Waals surface area contributed by atoms with Gasteiger partial charge in [-0.1, -0.05) is 57.9 Å². The fraction of sp³-hybridized carbons (Fsp3) is 0. The zero-order valence-electron chi connectivity index (χ0n) is 7.74. The van der Waals surface area contributed by atoms with E-state index in [0.717, 1.165) is 15.6 Å². The van der Waals surface area contributed by atoms with Gasteiger partial charge in [0.1, 0.15) is 5.75 Å². The molecule has 0 aliphatic carbocycles. The summed E-state index contributed by atoms with van der Waals surface area (Å²) >= 11 is 9.24. The Kier molecular flexibility index (Phi) is 2.98. The Bertz CT molecular complexity index is 482. The number of phenolic OH excluding ortho intramolecular Hbond substituents is 1.